The van der Waals surface area contributed by atoms with E-state index in [1.807, 2.05) is 19.1 Å². The lowest BCUT2D eigenvalue weighted by Gasteiger charge is -2.29. The Hall–Kier alpha value is -1.17. The smallest absolute Gasteiger partial charge is 0.256 e. The molecule has 0 bridgehead atoms. The van der Waals surface area contributed by atoms with Crippen LogP contribution in [0.1, 0.15) is 12.5 Å². The van der Waals surface area contributed by atoms with E-state index in [0.29, 0.717) is 24.7 Å². The van der Waals surface area contributed by atoms with Crippen LogP contribution in [0.25, 0.3) is 0 Å². The predicted molar refractivity (Wildman–Crippen MR) is 86.9 cm³/mol. The minimum atomic E-state index is -1.11. The maximum atomic E-state index is 12.2. The van der Waals surface area contributed by atoms with Crippen molar-refractivity contribution in [2.45, 2.75) is 24.3 Å². The zero-order chi connectivity index (χ0) is 16.7. The highest BCUT2D eigenvalue weighted by atomic mass is 35.5. The molecule has 0 fully saturated rings. The van der Waals surface area contributed by atoms with Crippen molar-refractivity contribution in [1.29, 1.82) is 0 Å². The molecule has 0 saturated heterocycles. The maximum Gasteiger partial charge on any atom is 0.256 e. The molecule has 0 N–H and O–H groups in total. The molecular weight excluding hydrogens is 329 g/mol. The number of hydrogen-bond donors (Lipinski definition) is 0. The average molecular weight is 350 g/mol. The fourth-order valence-corrected chi connectivity index (χ4v) is 2.33. The van der Waals surface area contributed by atoms with E-state index in [2.05, 4.69) is 0 Å². The number of ether oxygens (including phenoxy) is 3. The Labute approximate surface area is 141 Å². The number of amides is 1. The molecule has 1 atom stereocenters. The average Bonchev–Trinajstić information content (AvgIpc) is 2.51. The standard InChI is InChI=1S/C15H21Cl2NO4/c1-10(9-20-2)18(15(19)14(16)17)8-11-5-6-12(21-3)13(7-11)22-4/h5-7,10,14H,8-9H2,1-4H3. The lowest BCUT2D eigenvalue weighted by atomic mass is 10.1. The third kappa shape index (κ3) is 4.93. The molecule has 0 saturated carbocycles. The van der Waals surface area contributed by atoms with Gasteiger partial charge in [0, 0.05) is 13.7 Å². The Morgan fingerprint density at radius 3 is 2.32 bits per heavy atom. The quantitative estimate of drug-likeness (QED) is 0.677. The van der Waals surface area contributed by atoms with Crippen LogP contribution in [-0.4, -0.2) is 49.6 Å². The van der Waals surface area contributed by atoms with Gasteiger partial charge in [-0.2, -0.15) is 0 Å². The summed E-state index contributed by atoms with van der Waals surface area (Å²) in [7, 11) is 4.71. The van der Waals surface area contributed by atoms with Crippen molar-refractivity contribution in [3.63, 3.8) is 0 Å². The Bertz CT molecular complexity index is 496. The van der Waals surface area contributed by atoms with Crippen molar-refractivity contribution in [3.8, 4) is 11.5 Å². The van der Waals surface area contributed by atoms with Crippen molar-refractivity contribution in [2.75, 3.05) is 27.9 Å². The van der Waals surface area contributed by atoms with Gasteiger partial charge in [0.1, 0.15) is 0 Å². The molecule has 1 aromatic rings. The van der Waals surface area contributed by atoms with E-state index in [0.717, 1.165) is 5.56 Å². The molecule has 0 aromatic heterocycles. The number of rotatable bonds is 8. The van der Waals surface area contributed by atoms with Crippen LogP contribution in [0.5, 0.6) is 11.5 Å². The first-order chi connectivity index (χ1) is 10.4. The topological polar surface area (TPSA) is 48.0 Å². The molecule has 1 aromatic carbocycles. The number of methoxy groups -OCH3 is 3. The lowest BCUT2D eigenvalue weighted by Crippen LogP contribution is -2.43. The van der Waals surface area contributed by atoms with Crippen LogP contribution in [0.2, 0.25) is 0 Å². The van der Waals surface area contributed by atoms with E-state index < -0.39 is 4.84 Å². The predicted octanol–water partition coefficient (Wildman–Crippen LogP) is 2.87. The molecule has 22 heavy (non-hydrogen) atoms. The Balaban J connectivity index is 3.00. The van der Waals surface area contributed by atoms with Crippen molar-refractivity contribution in [3.05, 3.63) is 23.8 Å². The van der Waals surface area contributed by atoms with Gasteiger partial charge in [-0.05, 0) is 24.6 Å². The Kier molecular flexibility index (Phi) is 7.79. The van der Waals surface area contributed by atoms with E-state index in [4.69, 9.17) is 37.4 Å². The number of benzene rings is 1. The number of halogens is 2. The fraction of sp³-hybridized carbons (Fsp3) is 0.533. The second kappa shape index (κ2) is 9.08. The molecule has 7 heteroatoms. The fourth-order valence-electron chi connectivity index (χ4n) is 2.08. The lowest BCUT2D eigenvalue weighted by molar-refractivity contribution is -0.133. The number of nitrogens with zero attached hydrogens (tertiary/aromatic N) is 1. The summed E-state index contributed by atoms with van der Waals surface area (Å²) in [6.07, 6.45) is 0. The SMILES string of the molecule is COCC(C)N(Cc1ccc(OC)c(OC)c1)C(=O)C(Cl)Cl. The molecular formula is C15H21Cl2NO4. The second-order valence-corrected chi connectivity index (χ2v) is 5.86. The molecule has 1 amide bonds. The van der Waals surface area contributed by atoms with Gasteiger partial charge in [-0.25, -0.2) is 0 Å². The van der Waals surface area contributed by atoms with Gasteiger partial charge in [0.2, 0.25) is 0 Å². The van der Waals surface area contributed by atoms with Crippen molar-refractivity contribution in [2.24, 2.45) is 0 Å². The zero-order valence-corrected chi connectivity index (χ0v) is 14.6. The maximum absolute atomic E-state index is 12.2. The summed E-state index contributed by atoms with van der Waals surface area (Å²) >= 11 is 11.5. The van der Waals surface area contributed by atoms with Crippen molar-refractivity contribution >= 4 is 29.1 Å². The highest BCUT2D eigenvalue weighted by Crippen LogP contribution is 2.28. The third-order valence-electron chi connectivity index (χ3n) is 3.21. The van der Waals surface area contributed by atoms with E-state index in [1.54, 1.807) is 32.3 Å². The number of carbonyl (C=O) groups is 1. The van der Waals surface area contributed by atoms with E-state index >= 15 is 0 Å². The Morgan fingerprint density at radius 2 is 1.82 bits per heavy atom. The minimum Gasteiger partial charge on any atom is -0.493 e. The van der Waals surface area contributed by atoms with Gasteiger partial charge in [-0.3, -0.25) is 4.79 Å². The van der Waals surface area contributed by atoms with Crippen LogP contribution in [0.3, 0.4) is 0 Å². The highest BCUT2D eigenvalue weighted by molar-refractivity contribution is 6.53. The van der Waals surface area contributed by atoms with E-state index in [1.165, 1.54) is 0 Å². The summed E-state index contributed by atoms with van der Waals surface area (Å²) in [5.41, 5.74) is 0.878. The number of carbonyl (C=O) groups excluding carboxylic acids is 1. The summed E-state index contributed by atoms with van der Waals surface area (Å²) in [5.74, 6) is 0.865. The van der Waals surface area contributed by atoms with Crippen LogP contribution >= 0.6 is 23.2 Å². The minimum absolute atomic E-state index is 0.161. The highest BCUT2D eigenvalue weighted by Gasteiger charge is 2.25. The van der Waals surface area contributed by atoms with Gasteiger partial charge in [0.15, 0.2) is 16.3 Å². The zero-order valence-electron chi connectivity index (χ0n) is 13.1. The molecule has 0 heterocycles. The first-order valence-corrected chi connectivity index (χ1v) is 7.60. The molecule has 1 unspecified atom stereocenters. The second-order valence-electron chi connectivity index (χ2n) is 4.76. The molecule has 0 aliphatic rings. The molecule has 124 valence electrons. The van der Waals surface area contributed by atoms with Crippen LogP contribution in [0.15, 0.2) is 18.2 Å². The van der Waals surface area contributed by atoms with Gasteiger partial charge in [-0.15, -0.1) is 0 Å². The number of hydrogen-bond acceptors (Lipinski definition) is 4. The first kappa shape index (κ1) is 18.9. The van der Waals surface area contributed by atoms with Gasteiger partial charge < -0.3 is 19.1 Å². The van der Waals surface area contributed by atoms with Gasteiger partial charge in [-0.1, -0.05) is 29.3 Å². The van der Waals surface area contributed by atoms with Crippen LogP contribution < -0.4 is 9.47 Å². The molecule has 0 aliphatic carbocycles. The monoisotopic (exact) mass is 349 g/mol. The molecule has 0 spiro atoms. The largest absolute Gasteiger partial charge is 0.493 e. The van der Waals surface area contributed by atoms with Gasteiger partial charge in [0.25, 0.3) is 5.91 Å². The van der Waals surface area contributed by atoms with Crippen LogP contribution in [0, 0.1) is 0 Å². The van der Waals surface area contributed by atoms with E-state index in [-0.39, 0.29) is 11.9 Å². The van der Waals surface area contributed by atoms with E-state index in [9.17, 15) is 4.79 Å². The normalized spacial score (nSPS) is 12.1. The summed E-state index contributed by atoms with van der Waals surface area (Å²) < 4.78 is 15.6. The van der Waals surface area contributed by atoms with Crippen LogP contribution in [0.4, 0.5) is 0 Å². The van der Waals surface area contributed by atoms with Gasteiger partial charge >= 0.3 is 0 Å². The van der Waals surface area contributed by atoms with Crippen LogP contribution in [-0.2, 0) is 16.1 Å². The molecule has 5 nitrogen and oxygen atoms in total. The summed E-state index contributed by atoms with van der Waals surface area (Å²) in [5, 5.41) is 0. The van der Waals surface area contributed by atoms with Gasteiger partial charge in [0.05, 0.1) is 26.9 Å². The number of alkyl halides is 2. The summed E-state index contributed by atoms with van der Waals surface area (Å²) in [6, 6.07) is 5.30. The Morgan fingerprint density at radius 1 is 1.18 bits per heavy atom. The molecule has 0 radical (unpaired) electrons. The van der Waals surface area contributed by atoms with Crippen molar-refractivity contribution in [1.82, 2.24) is 4.90 Å². The summed E-state index contributed by atoms with van der Waals surface area (Å²) in [6.45, 7) is 2.61. The van der Waals surface area contributed by atoms with Crippen molar-refractivity contribution < 1.29 is 19.0 Å². The molecule has 0 aliphatic heterocycles. The molecule has 1 rings (SSSR count). The third-order valence-corrected chi connectivity index (χ3v) is 3.58. The summed E-state index contributed by atoms with van der Waals surface area (Å²) in [4.78, 5) is 12.7. The first-order valence-electron chi connectivity index (χ1n) is 6.73.